The molecule has 0 radical (unpaired) electrons. The quantitative estimate of drug-likeness (QED) is 0.657. The van der Waals surface area contributed by atoms with Crippen molar-refractivity contribution in [2.45, 2.75) is 26.9 Å². The van der Waals surface area contributed by atoms with Gasteiger partial charge in [0.1, 0.15) is 0 Å². The second kappa shape index (κ2) is 5.51. The number of aliphatic hydroxyl groups excluding tert-OH is 1. The summed E-state index contributed by atoms with van der Waals surface area (Å²) >= 11 is 0. The van der Waals surface area contributed by atoms with Gasteiger partial charge >= 0.3 is 0 Å². The van der Waals surface area contributed by atoms with Gasteiger partial charge in [0.05, 0.1) is 25.9 Å². The lowest BCUT2D eigenvalue weighted by molar-refractivity contribution is -0.0466. The molecule has 0 aromatic heterocycles. The van der Waals surface area contributed by atoms with Crippen LogP contribution < -0.4 is 0 Å². The third kappa shape index (κ3) is 4.70. The van der Waals surface area contributed by atoms with E-state index in [4.69, 9.17) is 14.6 Å². The van der Waals surface area contributed by atoms with E-state index in [-0.39, 0.29) is 18.1 Å². The Labute approximate surface area is 74.7 Å². The monoisotopic (exact) mass is 176 g/mol. The Morgan fingerprint density at radius 2 is 1.92 bits per heavy atom. The molecule has 0 saturated carbocycles. The molecule has 0 spiro atoms. The minimum atomic E-state index is -0.265. The Kier molecular flexibility index (Phi) is 5.46. The zero-order chi connectivity index (χ0) is 9.61. The number of hydrogen-bond donors (Lipinski definition) is 1. The van der Waals surface area contributed by atoms with Gasteiger partial charge in [-0.2, -0.15) is 0 Å². The number of methoxy groups -OCH3 is 1. The highest BCUT2D eigenvalue weighted by Crippen LogP contribution is 2.16. The molecule has 0 saturated heterocycles. The van der Waals surface area contributed by atoms with E-state index < -0.39 is 0 Å². The van der Waals surface area contributed by atoms with Crippen molar-refractivity contribution in [3.8, 4) is 0 Å². The van der Waals surface area contributed by atoms with Crippen molar-refractivity contribution < 1.29 is 14.6 Å². The van der Waals surface area contributed by atoms with Crippen LogP contribution in [0.15, 0.2) is 0 Å². The summed E-state index contributed by atoms with van der Waals surface area (Å²) in [6, 6.07) is 0. The van der Waals surface area contributed by atoms with E-state index in [1.54, 1.807) is 7.11 Å². The minimum absolute atomic E-state index is 0.0908. The van der Waals surface area contributed by atoms with E-state index in [9.17, 15) is 0 Å². The number of hydrogen-bond acceptors (Lipinski definition) is 3. The maximum absolute atomic E-state index is 9.07. The molecule has 0 amide bonds. The van der Waals surface area contributed by atoms with E-state index in [1.807, 2.05) is 20.8 Å². The van der Waals surface area contributed by atoms with E-state index in [1.165, 1.54) is 0 Å². The number of rotatable bonds is 6. The average molecular weight is 176 g/mol. The van der Waals surface area contributed by atoms with Crippen molar-refractivity contribution >= 4 is 0 Å². The van der Waals surface area contributed by atoms with Crippen LogP contribution in [0.5, 0.6) is 0 Å². The van der Waals surface area contributed by atoms with Crippen LogP contribution in [0.1, 0.15) is 20.8 Å². The molecule has 12 heavy (non-hydrogen) atoms. The van der Waals surface area contributed by atoms with Crippen molar-refractivity contribution in [2.75, 3.05) is 26.9 Å². The molecular weight excluding hydrogens is 156 g/mol. The fourth-order valence-corrected chi connectivity index (χ4v) is 0.849. The van der Waals surface area contributed by atoms with Crippen LogP contribution in [0, 0.1) is 5.41 Å². The molecule has 74 valence electrons. The second-order valence-electron chi connectivity index (χ2n) is 3.76. The predicted molar refractivity (Wildman–Crippen MR) is 48.2 cm³/mol. The van der Waals surface area contributed by atoms with Crippen molar-refractivity contribution in [2.24, 2.45) is 5.41 Å². The summed E-state index contributed by atoms with van der Waals surface area (Å²) in [4.78, 5) is 0. The Morgan fingerprint density at radius 1 is 1.33 bits per heavy atom. The molecule has 3 nitrogen and oxygen atoms in total. The molecule has 1 N–H and O–H groups in total. The predicted octanol–water partition coefficient (Wildman–Crippen LogP) is 1.06. The fraction of sp³-hybridized carbons (Fsp3) is 1.00. The van der Waals surface area contributed by atoms with Crippen LogP contribution in [0.4, 0.5) is 0 Å². The molecule has 1 atom stereocenters. The van der Waals surface area contributed by atoms with E-state index in [0.717, 1.165) is 0 Å². The topological polar surface area (TPSA) is 38.7 Å². The lowest BCUT2D eigenvalue weighted by atomic mass is 9.94. The summed E-state index contributed by atoms with van der Waals surface area (Å²) in [6.45, 7) is 7.05. The maximum Gasteiger partial charge on any atom is 0.0567 e. The molecule has 0 aliphatic rings. The standard InChI is InChI=1S/C9H20O3/c1-8(2)12-7-9(3,5-10)6-11-4/h8,10H,5-7H2,1-4H3. The van der Waals surface area contributed by atoms with Gasteiger partial charge in [0, 0.05) is 12.5 Å². The Bertz CT molecular complexity index is 114. The van der Waals surface area contributed by atoms with Crippen LogP contribution in [0.2, 0.25) is 0 Å². The highest BCUT2D eigenvalue weighted by Gasteiger charge is 2.24. The van der Waals surface area contributed by atoms with Gasteiger partial charge in [-0.25, -0.2) is 0 Å². The second-order valence-corrected chi connectivity index (χ2v) is 3.76. The van der Waals surface area contributed by atoms with Gasteiger partial charge in [-0.1, -0.05) is 6.92 Å². The van der Waals surface area contributed by atoms with Gasteiger partial charge in [-0.15, -0.1) is 0 Å². The fourth-order valence-electron chi connectivity index (χ4n) is 0.849. The van der Waals surface area contributed by atoms with Crippen LogP contribution in [-0.2, 0) is 9.47 Å². The molecule has 0 fully saturated rings. The number of aliphatic hydroxyl groups is 1. The number of ether oxygens (including phenoxy) is 2. The molecule has 0 aliphatic heterocycles. The third-order valence-electron chi connectivity index (χ3n) is 1.64. The van der Waals surface area contributed by atoms with E-state index in [2.05, 4.69) is 0 Å². The van der Waals surface area contributed by atoms with Gasteiger partial charge in [-0.05, 0) is 13.8 Å². The zero-order valence-electron chi connectivity index (χ0n) is 8.46. The molecule has 0 rings (SSSR count). The summed E-state index contributed by atoms with van der Waals surface area (Å²) in [7, 11) is 1.63. The van der Waals surface area contributed by atoms with Crippen LogP contribution >= 0.6 is 0 Å². The SMILES string of the molecule is COCC(C)(CO)COC(C)C. The minimum Gasteiger partial charge on any atom is -0.396 e. The Balaban J connectivity index is 3.78. The highest BCUT2D eigenvalue weighted by molar-refractivity contribution is 4.72. The summed E-state index contributed by atoms with van der Waals surface area (Å²) in [5, 5.41) is 9.07. The largest absolute Gasteiger partial charge is 0.396 e. The van der Waals surface area contributed by atoms with Crippen LogP contribution in [0.25, 0.3) is 0 Å². The summed E-state index contributed by atoms with van der Waals surface area (Å²) in [5.74, 6) is 0. The molecule has 0 aromatic rings. The van der Waals surface area contributed by atoms with Crippen LogP contribution in [0.3, 0.4) is 0 Å². The maximum atomic E-state index is 9.07. The third-order valence-corrected chi connectivity index (χ3v) is 1.64. The summed E-state index contributed by atoms with van der Waals surface area (Å²) < 4.78 is 10.4. The molecule has 0 aliphatic carbocycles. The van der Waals surface area contributed by atoms with Crippen molar-refractivity contribution in [1.82, 2.24) is 0 Å². The smallest absolute Gasteiger partial charge is 0.0567 e. The van der Waals surface area contributed by atoms with E-state index in [0.29, 0.717) is 13.2 Å². The van der Waals surface area contributed by atoms with Gasteiger partial charge in [0.25, 0.3) is 0 Å². The van der Waals surface area contributed by atoms with Gasteiger partial charge in [0.2, 0.25) is 0 Å². The Hall–Kier alpha value is -0.120. The first-order chi connectivity index (χ1) is 5.54. The normalized spacial score (nSPS) is 16.5. The van der Waals surface area contributed by atoms with Crippen LogP contribution in [-0.4, -0.2) is 38.1 Å². The molecule has 0 bridgehead atoms. The average Bonchev–Trinajstić information content (AvgIpc) is 2.02. The first-order valence-corrected chi connectivity index (χ1v) is 4.25. The molecule has 0 heterocycles. The zero-order valence-corrected chi connectivity index (χ0v) is 8.46. The van der Waals surface area contributed by atoms with Crippen molar-refractivity contribution in [1.29, 1.82) is 0 Å². The van der Waals surface area contributed by atoms with Gasteiger partial charge in [-0.3, -0.25) is 0 Å². The lowest BCUT2D eigenvalue weighted by Gasteiger charge is -2.26. The van der Waals surface area contributed by atoms with Crippen molar-refractivity contribution in [3.05, 3.63) is 0 Å². The summed E-state index contributed by atoms with van der Waals surface area (Å²) in [6.07, 6.45) is 0.202. The molecule has 3 heteroatoms. The molecule has 0 aromatic carbocycles. The molecular formula is C9H20O3. The first-order valence-electron chi connectivity index (χ1n) is 4.25. The van der Waals surface area contributed by atoms with Crippen molar-refractivity contribution in [3.63, 3.8) is 0 Å². The van der Waals surface area contributed by atoms with E-state index >= 15 is 0 Å². The Morgan fingerprint density at radius 3 is 2.25 bits per heavy atom. The van der Waals surface area contributed by atoms with Gasteiger partial charge < -0.3 is 14.6 Å². The van der Waals surface area contributed by atoms with Gasteiger partial charge in [0.15, 0.2) is 0 Å². The first kappa shape index (κ1) is 11.9. The summed E-state index contributed by atoms with van der Waals surface area (Å²) in [5.41, 5.74) is -0.265. The molecule has 1 unspecified atom stereocenters. The highest BCUT2D eigenvalue weighted by atomic mass is 16.5. The lowest BCUT2D eigenvalue weighted by Crippen LogP contribution is -2.33.